The van der Waals surface area contributed by atoms with E-state index in [1.165, 1.54) is 25.1 Å². The smallest absolute Gasteiger partial charge is 0.191 e. The third-order valence-electron chi connectivity index (χ3n) is 4.96. The number of benzene rings is 1. The van der Waals surface area contributed by atoms with Crippen molar-refractivity contribution in [3.8, 4) is 0 Å². The van der Waals surface area contributed by atoms with E-state index >= 15 is 0 Å². The van der Waals surface area contributed by atoms with E-state index in [4.69, 9.17) is 0 Å². The first-order chi connectivity index (χ1) is 13.3. The molecule has 0 aliphatic carbocycles. The first kappa shape index (κ1) is 19.4. The highest BCUT2D eigenvalue weighted by molar-refractivity contribution is 5.79. The molecule has 1 aromatic heterocycles. The van der Waals surface area contributed by atoms with Gasteiger partial charge < -0.3 is 15.5 Å². The summed E-state index contributed by atoms with van der Waals surface area (Å²) in [6, 6.07) is 16.7. The van der Waals surface area contributed by atoms with E-state index in [2.05, 4.69) is 62.8 Å². The van der Waals surface area contributed by atoms with Crippen molar-refractivity contribution in [2.45, 2.75) is 26.3 Å². The van der Waals surface area contributed by atoms with Crippen LogP contribution in [0.3, 0.4) is 0 Å². The molecule has 2 heterocycles. The number of guanidine groups is 1. The molecular weight excluding hydrogens is 334 g/mol. The molecule has 27 heavy (non-hydrogen) atoms. The molecule has 5 nitrogen and oxygen atoms in total. The second kappa shape index (κ2) is 10.7. The Hall–Kier alpha value is -2.40. The molecule has 5 heteroatoms. The summed E-state index contributed by atoms with van der Waals surface area (Å²) in [6.45, 7) is 8.04. The first-order valence-corrected chi connectivity index (χ1v) is 10.0. The molecule has 1 unspecified atom stereocenters. The summed E-state index contributed by atoms with van der Waals surface area (Å²) in [5.74, 6) is 1.56. The van der Waals surface area contributed by atoms with Gasteiger partial charge in [0.1, 0.15) is 0 Å². The van der Waals surface area contributed by atoms with Crippen molar-refractivity contribution in [3.05, 3.63) is 66.0 Å². The highest BCUT2D eigenvalue weighted by atomic mass is 15.2. The highest BCUT2D eigenvalue weighted by Crippen LogP contribution is 2.16. The van der Waals surface area contributed by atoms with Gasteiger partial charge in [0.2, 0.25) is 0 Å². The lowest BCUT2D eigenvalue weighted by Gasteiger charge is -2.17. The number of nitrogens with one attached hydrogen (secondary N) is 2. The Bertz CT molecular complexity index is 686. The minimum absolute atomic E-state index is 0.601. The van der Waals surface area contributed by atoms with Crippen LogP contribution in [0, 0.1) is 5.92 Å². The number of pyridine rings is 1. The molecule has 0 amide bonds. The van der Waals surface area contributed by atoms with Crippen molar-refractivity contribution in [2.75, 3.05) is 32.7 Å². The fourth-order valence-electron chi connectivity index (χ4n) is 3.45. The molecule has 2 N–H and O–H groups in total. The van der Waals surface area contributed by atoms with Crippen LogP contribution in [0.1, 0.15) is 24.6 Å². The summed E-state index contributed by atoms with van der Waals surface area (Å²) in [5.41, 5.74) is 2.41. The largest absolute Gasteiger partial charge is 0.357 e. The van der Waals surface area contributed by atoms with Crippen LogP contribution >= 0.6 is 0 Å². The number of likely N-dealkylation sites (tertiary alicyclic amines) is 1. The molecule has 1 saturated heterocycles. The van der Waals surface area contributed by atoms with Crippen molar-refractivity contribution in [2.24, 2.45) is 10.9 Å². The zero-order chi connectivity index (χ0) is 18.7. The van der Waals surface area contributed by atoms with Gasteiger partial charge >= 0.3 is 0 Å². The van der Waals surface area contributed by atoms with Gasteiger partial charge in [-0.1, -0.05) is 36.4 Å². The van der Waals surface area contributed by atoms with Crippen molar-refractivity contribution < 1.29 is 0 Å². The van der Waals surface area contributed by atoms with E-state index in [9.17, 15) is 0 Å². The fraction of sp³-hybridized carbons (Fsp3) is 0.455. The molecule has 0 saturated carbocycles. The quantitative estimate of drug-likeness (QED) is 0.558. The van der Waals surface area contributed by atoms with Crippen LogP contribution in [0.25, 0.3) is 0 Å². The van der Waals surface area contributed by atoms with Gasteiger partial charge in [-0.3, -0.25) is 4.98 Å². The Morgan fingerprint density at radius 2 is 2.00 bits per heavy atom. The third-order valence-corrected chi connectivity index (χ3v) is 4.96. The fourth-order valence-corrected chi connectivity index (χ4v) is 3.45. The highest BCUT2D eigenvalue weighted by Gasteiger charge is 2.22. The van der Waals surface area contributed by atoms with Crippen molar-refractivity contribution in [1.29, 1.82) is 0 Å². The van der Waals surface area contributed by atoms with Gasteiger partial charge in [0.25, 0.3) is 0 Å². The SMILES string of the molecule is CCNC(=NCc1ccccn1)NCC1CCN(CCc2ccccc2)C1. The second-order valence-corrected chi connectivity index (χ2v) is 7.09. The topological polar surface area (TPSA) is 52.6 Å². The minimum atomic E-state index is 0.601. The van der Waals surface area contributed by atoms with Crippen LogP contribution in [0.2, 0.25) is 0 Å². The number of rotatable bonds is 8. The Morgan fingerprint density at radius 1 is 1.15 bits per heavy atom. The summed E-state index contributed by atoms with van der Waals surface area (Å²) < 4.78 is 0. The van der Waals surface area contributed by atoms with Gasteiger partial charge in [-0.05, 0) is 49.9 Å². The lowest BCUT2D eigenvalue weighted by Crippen LogP contribution is -2.40. The van der Waals surface area contributed by atoms with Crippen LogP contribution < -0.4 is 10.6 Å². The number of aromatic nitrogens is 1. The maximum absolute atomic E-state index is 4.66. The van der Waals surface area contributed by atoms with Gasteiger partial charge in [-0.25, -0.2) is 4.99 Å². The van der Waals surface area contributed by atoms with E-state index in [1.807, 2.05) is 24.4 Å². The third kappa shape index (κ3) is 6.68. The minimum Gasteiger partial charge on any atom is -0.357 e. The molecule has 0 bridgehead atoms. The molecule has 1 aromatic carbocycles. The second-order valence-electron chi connectivity index (χ2n) is 7.09. The molecule has 1 atom stereocenters. The molecule has 2 aromatic rings. The van der Waals surface area contributed by atoms with E-state index < -0.39 is 0 Å². The maximum Gasteiger partial charge on any atom is 0.191 e. The average Bonchev–Trinajstić information content (AvgIpc) is 3.18. The summed E-state index contributed by atoms with van der Waals surface area (Å²) in [7, 11) is 0. The molecule has 1 aliphatic rings. The maximum atomic E-state index is 4.66. The number of nitrogens with zero attached hydrogens (tertiary/aromatic N) is 3. The molecule has 1 aliphatic heterocycles. The van der Waals surface area contributed by atoms with Crippen LogP contribution in [0.4, 0.5) is 0 Å². The summed E-state index contributed by atoms with van der Waals surface area (Å²) >= 11 is 0. The molecule has 144 valence electrons. The van der Waals surface area contributed by atoms with Crippen LogP contribution in [-0.2, 0) is 13.0 Å². The predicted molar refractivity (Wildman–Crippen MR) is 112 cm³/mol. The lowest BCUT2D eigenvalue weighted by molar-refractivity contribution is 0.328. The monoisotopic (exact) mass is 365 g/mol. The molecule has 1 fully saturated rings. The molecule has 0 radical (unpaired) electrons. The van der Waals surface area contributed by atoms with Gasteiger partial charge in [-0.15, -0.1) is 0 Å². The zero-order valence-corrected chi connectivity index (χ0v) is 16.3. The van der Waals surface area contributed by atoms with Crippen LogP contribution in [0.15, 0.2) is 59.7 Å². The number of hydrogen-bond acceptors (Lipinski definition) is 3. The van der Waals surface area contributed by atoms with Gasteiger partial charge in [0, 0.05) is 32.4 Å². The Labute approximate surface area is 162 Å². The molecule has 3 rings (SSSR count). The Kier molecular flexibility index (Phi) is 7.66. The van der Waals surface area contributed by atoms with Crippen molar-refractivity contribution in [3.63, 3.8) is 0 Å². The van der Waals surface area contributed by atoms with E-state index in [0.29, 0.717) is 12.5 Å². The number of aliphatic imine (C=N–C) groups is 1. The van der Waals surface area contributed by atoms with E-state index in [1.54, 1.807) is 0 Å². The first-order valence-electron chi connectivity index (χ1n) is 10.0. The predicted octanol–water partition coefficient (Wildman–Crippen LogP) is 2.70. The lowest BCUT2D eigenvalue weighted by atomic mass is 10.1. The summed E-state index contributed by atoms with van der Waals surface area (Å²) in [6.07, 6.45) is 4.20. The van der Waals surface area contributed by atoms with Crippen LogP contribution in [-0.4, -0.2) is 48.6 Å². The number of hydrogen-bond donors (Lipinski definition) is 2. The molecule has 0 spiro atoms. The Balaban J connectivity index is 1.41. The van der Waals surface area contributed by atoms with E-state index in [-0.39, 0.29) is 0 Å². The van der Waals surface area contributed by atoms with E-state index in [0.717, 1.165) is 37.7 Å². The summed E-state index contributed by atoms with van der Waals surface area (Å²) in [5, 5.41) is 6.84. The molecular formula is C22H31N5. The normalized spacial score (nSPS) is 17.8. The van der Waals surface area contributed by atoms with Crippen LogP contribution in [0.5, 0.6) is 0 Å². The van der Waals surface area contributed by atoms with Gasteiger partial charge in [-0.2, -0.15) is 0 Å². The van der Waals surface area contributed by atoms with Crippen molar-refractivity contribution in [1.82, 2.24) is 20.5 Å². The van der Waals surface area contributed by atoms with Gasteiger partial charge in [0.15, 0.2) is 5.96 Å². The van der Waals surface area contributed by atoms with Gasteiger partial charge in [0.05, 0.1) is 12.2 Å². The Morgan fingerprint density at radius 3 is 2.78 bits per heavy atom. The zero-order valence-electron chi connectivity index (χ0n) is 16.3. The summed E-state index contributed by atoms with van der Waals surface area (Å²) in [4.78, 5) is 11.6. The van der Waals surface area contributed by atoms with Crippen molar-refractivity contribution >= 4 is 5.96 Å². The standard InChI is InChI=1S/C22H31N5/c1-2-23-22(26-17-21-10-6-7-13-24-21)25-16-20-12-15-27(18-20)14-11-19-8-4-3-5-9-19/h3-10,13,20H,2,11-12,14-18H2,1H3,(H2,23,25,26). The average molecular weight is 366 g/mol.